The van der Waals surface area contributed by atoms with Crippen molar-refractivity contribution in [1.29, 1.82) is 0 Å². The van der Waals surface area contributed by atoms with Gasteiger partial charge in [-0.15, -0.1) is 0 Å². The number of nitro groups is 4. The van der Waals surface area contributed by atoms with Crippen LogP contribution in [0, 0.1) is 40.5 Å². The maximum atomic E-state index is 12.7. The second-order valence-electron chi connectivity index (χ2n) is 15.1. The Morgan fingerprint density at radius 2 is 1.08 bits per heavy atom. The van der Waals surface area contributed by atoms with Crippen molar-refractivity contribution in [3.05, 3.63) is 99.6 Å². The Balaban J connectivity index is 0.000000319. The number of aliphatic hydroxyl groups excluding tert-OH is 1. The number of fused-ring (bicyclic) bond motifs is 1. The summed E-state index contributed by atoms with van der Waals surface area (Å²) in [4.78, 5) is 100.0. The Kier molecular flexibility index (Phi) is 19.3. The molecule has 0 bridgehead atoms. The number of benzene rings is 3. The minimum atomic E-state index is -2.22. The van der Waals surface area contributed by atoms with Crippen LogP contribution in [-0.2, 0) is 54.0 Å². The van der Waals surface area contributed by atoms with E-state index in [1.54, 1.807) is 0 Å². The van der Waals surface area contributed by atoms with Gasteiger partial charge in [-0.05, 0) is 24.3 Å². The fourth-order valence-electron chi connectivity index (χ4n) is 6.52. The molecule has 2 aliphatic heterocycles. The first-order chi connectivity index (χ1) is 33.8. The van der Waals surface area contributed by atoms with Gasteiger partial charge in [-0.2, -0.15) is 0 Å². The second-order valence-corrected chi connectivity index (χ2v) is 15.1. The van der Waals surface area contributed by atoms with E-state index in [0.29, 0.717) is 5.56 Å². The Hall–Kier alpha value is -9.07. The van der Waals surface area contributed by atoms with Crippen molar-refractivity contribution >= 4 is 29.8 Å². The molecule has 1 saturated heterocycles. The van der Waals surface area contributed by atoms with Gasteiger partial charge in [-0.3, -0.25) is 59.6 Å². The zero-order chi connectivity index (χ0) is 53.6. The summed E-state index contributed by atoms with van der Waals surface area (Å²) in [6, 6.07) is 8.07. The number of phenolic OH excluding ortho intramolecular Hbond substituents is 7. The molecule has 32 heteroatoms. The van der Waals surface area contributed by atoms with E-state index < -0.39 is 174 Å². The van der Waals surface area contributed by atoms with Crippen LogP contribution in [0.2, 0.25) is 0 Å². The lowest BCUT2D eigenvalue weighted by molar-refractivity contribution is -0.479. The first-order valence-electron chi connectivity index (χ1n) is 20.6. The van der Waals surface area contributed by atoms with Crippen molar-refractivity contribution in [3.8, 4) is 46.0 Å². The number of hydrogen-bond donors (Lipinski definition) is 8. The Bertz CT molecular complexity index is 2530. The zero-order valence-electron chi connectivity index (χ0n) is 36.7. The predicted octanol–water partition coefficient (Wildman–Crippen LogP) is 0.177. The molecule has 0 aliphatic carbocycles. The Labute approximate surface area is 400 Å². The average Bonchev–Trinajstić information content (AvgIpc) is 3.30. The fourth-order valence-corrected chi connectivity index (χ4v) is 6.52. The van der Waals surface area contributed by atoms with Crippen LogP contribution in [0.15, 0.2) is 42.5 Å². The minimum absolute atomic E-state index is 0.0461. The highest BCUT2D eigenvalue weighted by atomic mass is 16.7. The van der Waals surface area contributed by atoms with Crippen LogP contribution in [0.5, 0.6) is 46.0 Å². The summed E-state index contributed by atoms with van der Waals surface area (Å²) in [5.74, 6) is -9.49. The van der Waals surface area contributed by atoms with Gasteiger partial charge in [0.2, 0.25) is 26.2 Å². The van der Waals surface area contributed by atoms with Gasteiger partial charge in [0.25, 0.3) is 0 Å². The van der Waals surface area contributed by atoms with E-state index in [9.17, 15) is 105 Å². The van der Waals surface area contributed by atoms with Crippen molar-refractivity contribution in [1.82, 2.24) is 0 Å². The standard InChI is InChI=1S/C22H18O10.C18H24N4O18/c23-11-6-14(25)12-8-19(32-22(30)10-4-16(27)20(29)17(28)5-10)21(31-18(12)7-11)9-1-2-13(24)15(26)3-9;23-11(1-5-19(28)29)36-9-10-15(38-12(24)2-6-20(30)31)16(39-13(25)3-7-21(32)33)17(18(27)37-10)40-14(26)4-8-22(34)35/h1-7,19,21,23-29H,8H2;10,15-18,27H,1-9H2. The molecule has 390 valence electrons. The highest BCUT2D eigenvalue weighted by molar-refractivity contribution is 5.91. The van der Waals surface area contributed by atoms with Gasteiger partial charge in [0.05, 0.1) is 5.56 Å². The maximum absolute atomic E-state index is 12.7. The Morgan fingerprint density at radius 3 is 1.60 bits per heavy atom. The highest BCUT2D eigenvalue weighted by Crippen LogP contribution is 2.44. The molecule has 0 amide bonds. The summed E-state index contributed by atoms with van der Waals surface area (Å²) in [6.45, 7) is -4.46. The lowest BCUT2D eigenvalue weighted by Crippen LogP contribution is -2.62. The molecule has 3 aromatic rings. The van der Waals surface area contributed by atoms with Crippen molar-refractivity contribution in [2.24, 2.45) is 0 Å². The van der Waals surface area contributed by atoms with Crippen LogP contribution in [-0.4, -0.2) is 160 Å². The monoisotopic (exact) mass is 1030 g/mol. The van der Waals surface area contributed by atoms with E-state index in [0.717, 1.165) is 18.2 Å². The third kappa shape index (κ3) is 16.0. The summed E-state index contributed by atoms with van der Waals surface area (Å²) in [5, 5.41) is 121. The molecule has 7 unspecified atom stereocenters. The van der Waals surface area contributed by atoms with Gasteiger partial charge < -0.3 is 74.0 Å². The molecule has 3 aromatic carbocycles. The number of esters is 5. The van der Waals surface area contributed by atoms with Crippen LogP contribution in [0.25, 0.3) is 0 Å². The molecule has 1 fully saturated rings. The number of carbonyl (C=O) groups is 5. The SMILES string of the molecule is O=C(CC[N+](=O)[O-])OCC1OC(O)C(OC(=O)CC[N+](=O)[O-])C(OC(=O)CC[N+](=O)[O-])C1OC(=O)CC[N+](=O)[O-].O=C(OC1Cc2c(O)cc(O)cc2OC1c1ccc(O)c(O)c1)c1cc(O)c(O)c(O)c1. The largest absolute Gasteiger partial charge is 0.508 e. The number of nitrogens with zero attached hydrogens (tertiary/aromatic N) is 4. The molecule has 0 spiro atoms. The quantitative estimate of drug-likeness (QED) is 0.0246. The number of hydrogen-bond acceptors (Lipinski definition) is 28. The zero-order valence-corrected chi connectivity index (χ0v) is 36.7. The number of carbonyl (C=O) groups excluding carboxylic acids is 5. The van der Waals surface area contributed by atoms with Crippen LogP contribution >= 0.6 is 0 Å². The average molecular weight is 1030 g/mol. The van der Waals surface area contributed by atoms with E-state index in [4.69, 9.17) is 33.2 Å². The van der Waals surface area contributed by atoms with Gasteiger partial charge in [0.15, 0.2) is 59.5 Å². The van der Waals surface area contributed by atoms with Crippen molar-refractivity contribution in [2.75, 3.05) is 32.8 Å². The van der Waals surface area contributed by atoms with Crippen LogP contribution in [0.1, 0.15) is 53.3 Å². The maximum Gasteiger partial charge on any atom is 0.338 e. The lowest BCUT2D eigenvalue weighted by atomic mass is 9.93. The number of rotatable bonds is 20. The van der Waals surface area contributed by atoms with Gasteiger partial charge in [0, 0.05) is 49.4 Å². The fraction of sp³-hybridized carbons (Fsp3) is 0.425. The molecule has 8 N–H and O–H groups in total. The lowest BCUT2D eigenvalue weighted by Gasteiger charge is -2.42. The van der Waals surface area contributed by atoms with Crippen LogP contribution in [0.3, 0.4) is 0 Å². The topological polar surface area (TPSA) is 484 Å². The molecule has 72 heavy (non-hydrogen) atoms. The molecule has 7 atom stereocenters. The summed E-state index contributed by atoms with van der Waals surface area (Å²) < 4.78 is 36.5. The molecule has 0 aromatic heterocycles. The number of ether oxygens (including phenoxy) is 7. The number of aliphatic hydroxyl groups is 1. The van der Waals surface area contributed by atoms with E-state index in [-0.39, 0.29) is 40.5 Å². The minimum Gasteiger partial charge on any atom is -0.508 e. The molecular weight excluding hydrogens is 984 g/mol. The van der Waals surface area contributed by atoms with E-state index >= 15 is 0 Å². The molecule has 32 nitrogen and oxygen atoms in total. The first kappa shape index (κ1) is 55.5. The Morgan fingerprint density at radius 1 is 0.583 bits per heavy atom. The van der Waals surface area contributed by atoms with Gasteiger partial charge in [-0.1, -0.05) is 6.07 Å². The molecule has 5 rings (SSSR count). The first-order valence-corrected chi connectivity index (χ1v) is 20.6. The van der Waals surface area contributed by atoms with Crippen LogP contribution in [0.4, 0.5) is 0 Å². The smallest absolute Gasteiger partial charge is 0.338 e. The molecule has 2 aliphatic rings. The molecule has 2 heterocycles. The second kappa shape index (κ2) is 25.0. The normalized spacial score (nSPS) is 19.8. The van der Waals surface area contributed by atoms with Crippen molar-refractivity contribution < 1.29 is 118 Å². The summed E-state index contributed by atoms with van der Waals surface area (Å²) >= 11 is 0. The van der Waals surface area contributed by atoms with Crippen molar-refractivity contribution in [2.45, 2.75) is 75.0 Å². The van der Waals surface area contributed by atoms with Gasteiger partial charge >= 0.3 is 29.8 Å². The summed E-state index contributed by atoms with van der Waals surface area (Å²) in [5.41, 5.74) is 0.324. The summed E-state index contributed by atoms with van der Waals surface area (Å²) in [7, 11) is 0. The molecule has 0 radical (unpaired) electrons. The summed E-state index contributed by atoms with van der Waals surface area (Å²) in [6.07, 6.45) is -15.3. The highest BCUT2D eigenvalue weighted by Gasteiger charge is 2.52. The van der Waals surface area contributed by atoms with Crippen LogP contribution < -0.4 is 4.74 Å². The molecule has 0 saturated carbocycles. The third-order valence-electron chi connectivity index (χ3n) is 9.87. The molecular formula is C40H42N4O28. The number of phenols is 7. The van der Waals surface area contributed by atoms with E-state index in [1.165, 1.54) is 24.3 Å². The third-order valence-corrected chi connectivity index (χ3v) is 9.87. The van der Waals surface area contributed by atoms with Crippen molar-refractivity contribution in [3.63, 3.8) is 0 Å². The van der Waals surface area contributed by atoms with Gasteiger partial charge in [0.1, 0.15) is 61.7 Å². The van der Waals surface area contributed by atoms with E-state index in [1.807, 2.05) is 0 Å². The van der Waals surface area contributed by atoms with E-state index in [2.05, 4.69) is 0 Å². The number of aromatic hydroxyl groups is 7. The predicted molar refractivity (Wildman–Crippen MR) is 225 cm³/mol. The van der Waals surface area contributed by atoms with Gasteiger partial charge in [-0.25, -0.2) is 4.79 Å².